The molecular weight excluding hydrogens is 304 g/mol. The smallest absolute Gasteiger partial charge is 0.387 e. The van der Waals surface area contributed by atoms with Crippen LogP contribution >= 0.6 is 0 Å². The summed E-state index contributed by atoms with van der Waals surface area (Å²) in [6.07, 6.45) is 5.99. The number of hydrogen-bond acceptors (Lipinski definition) is 3. The number of aliphatic imine (C=N–C) groups is 1. The molecule has 7 heteroatoms. The summed E-state index contributed by atoms with van der Waals surface area (Å²) < 4.78 is 35.1. The van der Waals surface area contributed by atoms with Gasteiger partial charge in [0.15, 0.2) is 5.96 Å². The predicted octanol–water partition coefficient (Wildman–Crippen LogP) is 2.38. The molecule has 0 saturated heterocycles. The minimum atomic E-state index is -2.91. The van der Waals surface area contributed by atoms with Gasteiger partial charge in [0.25, 0.3) is 0 Å². The van der Waals surface area contributed by atoms with E-state index in [1.54, 1.807) is 19.2 Å². The van der Waals surface area contributed by atoms with E-state index in [-0.39, 0.29) is 12.3 Å². The minimum absolute atomic E-state index is 0.0634. The van der Waals surface area contributed by atoms with Crippen molar-refractivity contribution in [2.24, 2.45) is 4.99 Å². The number of hydrogen-bond donors (Lipinski definition) is 2. The van der Waals surface area contributed by atoms with Gasteiger partial charge in [-0.2, -0.15) is 8.78 Å². The minimum Gasteiger partial charge on any atom is -0.493 e. The lowest BCUT2D eigenvalue weighted by Gasteiger charge is -2.15. The molecule has 0 spiro atoms. The van der Waals surface area contributed by atoms with Crippen LogP contribution in [0.25, 0.3) is 0 Å². The maximum Gasteiger partial charge on any atom is 0.387 e. The molecule has 0 radical (unpaired) electrons. The van der Waals surface area contributed by atoms with E-state index in [9.17, 15) is 8.78 Å². The molecule has 126 valence electrons. The van der Waals surface area contributed by atoms with Gasteiger partial charge in [0.05, 0.1) is 13.2 Å². The Kier molecular flexibility index (Phi) is 8.29. The van der Waals surface area contributed by atoms with E-state index >= 15 is 0 Å². The van der Waals surface area contributed by atoms with Crippen LogP contribution < -0.4 is 20.1 Å². The maximum absolute atomic E-state index is 12.6. The summed E-state index contributed by atoms with van der Waals surface area (Å²) in [7, 11) is 1.59. The highest BCUT2D eigenvalue weighted by atomic mass is 19.3. The van der Waals surface area contributed by atoms with Gasteiger partial charge in [-0.25, -0.2) is 0 Å². The Morgan fingerprint density at radius 2 is 2.17 bits per heavy atom. The second-order valence-electron chi connectivity index (χ2n) is 4.48. The van der Waals surface area contributed by atoms with Crippen molar-refractivity contribution in [2.45, 2.75) is 26.5 Å². The maximum atomic E-state index is 12.6. The lowest BCUT2D eigenvalue weighted by Crippen LogP contribution is -2.37. The van der Waals surface area contributed by atoms with Crippen LogP contribution in [0, 0.1) is 12.3 Å². The molecule has 0 aliphatic carbocycles. The summed E-state index contributed by atoms with van der Waals surface area (Å²) in [5.41, 5.74) is 0.554. The fraction of sp³-hybridized carbons (Fsp3) is 0.438. The lowest BCUT2D eigenvalue weighted by atomic mass is 10.2. The fourth-order valence-electron chi connectivity index (χ4n) is 1.73. The number of halogens is 2. The third kappa shape index (κ3) is 6.87. The van der Waals surface area contributed by atoms with E-state index in [2.05, 4.69) is 26.3 Å². The average Bonchev–Trinajstić information content (AvgIpc) is 2.54. The van der Waals surface area contributed by atoms with Crippen LogP contribution in [0.3, 0.4) is 0 Å². The van der Waals surface area contributed by atoms with Crippen LogP contribution in [-0.4, -0.2) is 32.8 Å². The van der Waals surface area contributed by atoms with Gasteiger partial charge in [-0.15, -0.1) is 6.42 Å². The first-order valence-corrected chi connectivity index (χ1v) is 7.19. The highest BCUT2D eigenvalue weighted by molar-refractivity contribution is 5.79. The zero-order chi connectivity index (χ0) is 17.1. The monoisotopic (exact) mass is 325 g/mol. The molecule has 0 aliphatic heterocycles. The number of guanidine groups is 1. The fourth-order valence-corrected chi connectivity index (χ4v) is 1.73. The highest BCUT2D eigenvalue weighted by Crippen LogP contribution is 2.26. The van der Waals surface area contributed by atoms with Crippen molar-refractivity contribution in [1.82, 2.24) is 10.6 Å². The Labute approximate surface area is 135 Å². The Bertz CT molecular complexity index is 557. The van der Waals surface area contributed by atoms with Crippen LogP contribution in [0.2, 0.25) is 0 Å². The third-order valence-electron chi connectivity index (χ3n) is 2.76. The number of terminal acetylenes is 1. The predicted molar refractivity (Wildman–Crippen MR) is 85.9 cm³/mol. The van der Waals surface area contributed by atoms with Gasteiger partial charge in [-0.05, 0) is 18.6 Å². The van der Waals surface area contributed by atoms with Crippen molar-refractivity contribution in [3.63, 3.8) is 0 Å². The number of ether oxygens (including phenoxy) is 2. The third-order valence-corrected chi connectivity index (χ3v) is 2.76. The number of benzene rings is 1. The summed E-state index contributed by atoms with van der Waals surface area (Å²) in [4.78, 5) is 3.97. The van der Waals surface area contributed by atoms with Crippen LogP contribution in [0.15, 0.2) is 23.2 Å². The summed E-state index contributed by atoms with van der Waals surface area (Å²) in [6.45, 7) is 0.122. The van der Waals surface area contributed by atoms with Crippen LogP contribution in [0.5, 0.6) is 11.5 Å². The second kappa shape index (κ2) is 10.3. The molecule has 0 fully saturated rings. The van der Waals surface area contributed by atoms with E-state index in [0.29, 0.717) is 30.4 Å². The van der Waals surface area contributed by atoms with Gasteiger partial charge in [-0.1, -0.05) is 12.8 Å². The Balaban J connectivity index is 2.81. The Morgan fingerprint density at radius 3 is 2.78 bits per heavy atom. The lowest BCUT2D eigenvalue weighted by molar-refractivity contribution is -0.0505. The highest BCUT2D eigenvalue weighted by Gasteiger charge is 2.12. The van der Waals surface area contributed by atoms with Crippen LogP contribution in [0.4, 0.5) is 8.78 Å². The molecule has 1 aromatic carbocycles. The van der Waals surface area contributed by atoms with Crippen molar-refractivity contribution in [3.8, 4) is 23.8 Å². The van der Waals surface area contributed by atoms with Crippen molar-refractivity contribution in [2.75, 3.05) is 20.2 Å². The van der Waals surface area contributed by atoms with Crippen LogP contribution in [-0.2, 0) is 6.54 Å². The molecule has 1 aromatic rings. The van der Waals surface area contributed by atoms with Crippen molar-refractivity contribution in [1.29, 1.82) is 0 Å². The van der Waals surface area contributed by atoms with Gasteiger partial charge in [-0.3, -0.25) is 4.99 Å². The van der Waals surface area contributed by atoms with Gasteiger partial charge >= 0.3 is 6.61 Å². The van der Waals surface area contributed by atoms with Crippen molar-refractivity contribution < 1.29 is 18.3 Å². The molecule has 0 heterocycles. The molecule has 0 atom stereocenters. The Hall–Kier alpha value is -2.49. The summed E-state index contributed by atoms with van der Waals surface area (Å²) >= 11 is 0. The van der Waals surface area contributed by atoms with Gasteiger partial charge in [0.1, 0.15) is 11.5 Å². The quantitative estimate of drug-likeness (QED) is 0.438. The molecule has 0 amide bonds. The second-order valence-corrected chi connectivity index (χ2v) is 4.48. The summed E-state index contributed by atoms with van der Waals surface area (Å²) in [5, 5.41) is 5.85. The largest absolute Gasteiger partial charge is 0.493 e. The van der Waals surface area contributed by atoms with Gasteiger partial charge < -0.3 is 20.1 Å². The van der Waals surface area contributed by atoms with Crippen LogP contribution in [0.1, 0.15) is 18.9 Å². The zero-order valence-electron chi connectivity index (χ0n) is 13.2. The molecule has 5 nitrogen and oxygen atoms in total. The van der Waals surface area contributed by atoms with E-state index in [0.717, 1.165) is 6.42 Å². The standard InChI is InChI=1S/C16H21F2N3O2/c1-4-8-20-16(19-3)21-11-12-6-7-13(22-9-5-2)10-14(12)23-15(17)18/h1,6-7,10,15H,5,8-9,11H2,2-3H3,(H2,19,20,21). The van der Waals surface area contributed by atoms with E-state index in [1.807, 2.05) is 6.92 Å². The summed E-state index contributed by atoms with van der Waals surface area (Å²) in [6, 6.07) is 4.84. The molecule has 0 unspecified atom stereocenters. The Morgan fingerprint density at radius 1 is 1.39 bits per heavy atom. The topological polar surface area (TPSA) is 54.9 Å². The average molecular weight is 325 g/mol. The molecular formula is C16H21F2N3O2. The molecule has 0 saturated carbocycles. The van der Waals surface area contributed by atoms with E-state index < -0.39 is 6.61 Å². The van der Waals surface area contributed by atoms with Gasteiger partial charge in [0.2, 0.25) is 0 Å². The zero-order valence-corrected chi connectivity index (χ0v) is 13.2. The van der Waals surface area contributed by atoms with Crippen molar-refractivity contribution >= 4 is 5.96 Å². The normalized spacial score (nSPS) is 11.0. The number of nitrogens with zero attached hydrogens (tertiary/aromatic N) is 1. The molecule has 0 bridgehead atoms. The molecule has 1 rings (SSSR count). The van der Waals surface area contributed by atoms with Gasteiger partial charge in [0, 0.05) is 25.2 Å². The first-order chi connectivity index (χ1) is 11.1. The number of nitrogens with one attached hydrogen (secondary N) is 2. The number of alkyl halides is 2. The number of rotatable bonds is 8. The van der Waals surface area contributed by atoms with E-state index in [4.69, 9.17) is 11.2 Å². The molecule has 23 heavy (non-hydrogen) atoms. The van der Waals surface area contributed by atoms with Crippen molar-refractivity contribution in [3.05, 3.63) is 23.8 Å². The molecule has 0 aliphatic rings. The first kappa shape index (κ1) is 18.6. The first-order valence-electron chi connectivity index (χ1n) is 7.19. The molecule has 2 N–H and O–H groups in total. The van der Waals surface area contributed by atoms with E-state index in [1.165, 1.54) is 6.07 Å². The summed E-state index contributed by atoms with van der Waals surface area (Å²) in [5.74, 6) is 3.44. The SMILES string of the molecule is C#CCNC(=NC)NCc1ccc(OCCC)cc1OC(F)F. The molecule has 0 aromatic heterocycles.